The Kier molecular flexibility index (Phi) is 7.97. The molecule has 6 heteroatoms. The lowest BCUT2D eigenvalue weighted by Crippen LogP contribution is -2.48. The molecule has 1 heterocycles. The van der Waals surface area contributed by atoms with Crippen LogP contribution in [-0.4, -0.2) is 46.5 Å². The van der Waals surface area contributed by atoms with E-state index in [1.54, 1.807) is 14.2 Å². The molecule has 0 unspecified atom stereocenters. The molecular weight excluding hydrogens is 378 g/mol. The number of nitrogens with one attached hydrogen (secondary N) is 2. The van der Waals surface area contributed by atoms with E-state index in [4.69, 9.17) is 19.2 Å². The van der Waals surface area contributed by atoms with Crippen molar-refractivity contribution in [3.05, 3.63) is 59.7 Å². The highest BCUT2D eigenvalue weighted by Crippen LogP contribution is 2.35. The number of nitrogens with zero attached hydrogens (tertiary/aromatic N) is 1. The van der Waals surface area contributed by atoms with Crippen LogP contribution in [0.25, 0.3) is 0 Å². The molecule has 30 heavy (non-hydrogen) atoms. The van der Waals surface area contributed by atoms with E-state index >= 15 is 0 Å². The molecule has 2 aromatic rings. The second kappa shape index (κ2) is 10.9. The summed E-state index contributed by atoms with van der Waals surface area (Å²) in [7, 11) is 3.39. The van der Waals surface area contributed by atoms with E-state index < -0.39 is 0 Å². The van der Waals surface area contributed by atoms with E-state index in [0.717, 1.165) is 62.2 Å². The van der Waals surface area contributed by atoms with Crippen molar-refractivity contribution in [2.75, 3.05) is 40.5 Å². The topological polar surface area (TPSA) is 64.1 Å². The average molecular weight is 412 g/mol. The Bertz CT molecular complexity index is 815. The number of aliphatic imine (C=N–C) groups is 1. The first-order chi connectivity index (χ1) is 14.7. The van der Waals surface area contributed by atoms with Crippen molar-refractivity contribution in [2.45, 2.75) is 31.7 Å². The Morgan fingerprint density at radius 3 is 2.40 bits per heavy atom. The summed E-state index contributed by atoms with van der Waals surface area (Å²) < 4.78 is 16.4. The minimum absolute atomic E-state index is 0.00511. The summed E-state index contributed by atoms with van der Waals surface area (Å²) in [6.45, 7) is 5.76. The molecule has 0 radical (unpaired) electrons. The predicted octanol–water partition coefficient (Wildman–Crippen LogP) is 3.51. The number of hydrogen-bond acceptors (Lipinski definition) is 4. The Balaban J connectivity index is 1.75. The van der Waals surface area contributed by atoms with Crippen LogP contribution in [0.3, 0.4) is 0 Å². The second-order valence-electron chi connectivity index (χ2n) is 7.48. The third-order valence-corrected chi connectivity index (χ3v) is 5.69. The quantitative estimate of drug-likeness (QED) is 0.514. The maximum atomic E-state index is 5.66. The monoisotopic (exact) mass is 411 g/mol. The van der Waals surface area contributed by atoms with Crippen LogP contribution in [0.15, 0.2) is 53.5 Å². The van der Waals surface area contributed by atoms with Crippen LogP contribution in [0, 0.1) is 0 Å². The van der Waals surface area contributed by atoms with Crippen LogP contribution >= 0.6 is 0 Å². The first-order valence-corrected chi connectivity index (χ1v) is 10.6. The summed E-state index contributed by atoms with van der Waals surface area (Å²) >= 11 is 0. The molecule has 0 atom stereocenters. The molecule has 1 aliphatic rings. The Hall–Kier alpha value is -2.73. The van der Waals surface area contributed by atoms with Gasteiger partial charge in [0.25, 0.3) is 0 Å². The number of ether oxygens (including phenoxy) is 3. The van der Waals surface area contributed by atoms with E-state index in [9.17, 15) is 0 Å². The third-order valence-electron chi connectivity index (χ3n) is 5.69. The molecule has 0 aromatic heterocycles. The van der Waals surface area contributed by atoms with Crippen LogP contribution < -0.4 is 20.1 Å². The number of hydrogen-bond donors (Lipinski definition) is 2. The molecule has 2 aromatic carbocycles. The van der Waals surface area contributed by atoms with Gasteiger partial charge in [0, 0.05) is 37.3 Å². The molecule has 3 rings (SSSR count). The van der Waals surface area contributed by atoms with Gasteiger partial charge in [-0.3, -0.25) is 0 Å². The number of guanidine groups is 1. The predicted molar refractivity (Wildman–Crippen MR) is 121 cm³/mol. The summed E-state index contributed by atoms with van der Waals surface area (Å²) in [6, 6.07) is 16.4. The molecule has 0 aliphatic carbocycles. The van der Waals surface area contributed by atoms with Crippen molar-refractivity contribution in [1.82, 2.24) is 10.6 Å². The lowest BCUT2D eigenvalue weighted by Gasteiger charge is -2.38. The zero-order chi connectivity index (χ0) is 21.2. The van der Waals surface area contributed by atoms with Crippen molar-refractivity contribution in [2.24, 2.45) is 4.99 Å². The molecule has 0 amide bonds. The minimum atomic E-state index is 0.00511. The molecule has 0 spiro atoms. The fraction of sp³-hybridized carbons (Fsp3) is 0.458. The molecule has 1 saturated heterocycles. The van der Waals surface area contributed by atoms with Crippen LogP contribution in [0.1, 0.15) is 30.9 Å². The van der Waals surface area contributed by atoms with Crippen molar-refractivity contribution in [3.63, 3.8) is 0 Å². The highest BCUT2D eigenvalue weighted by Gasteiger charge is 2.34. The maximum Gasteiger partial charge on any atom is 0.191 e. The summed E-state index contributed by atoms with van der Waals surface area (Å²) in [4.78, 5) is 4.79. The molecule has 6 nitrogen and oxygen atoms in total. The smallest absolute Gasteiger partial charge is 0.191 e. The molecule has 2 N–H and O–H groups in total. The average Bonchev–Trinajstić information content (AvgIpc) is 2.81. The van der Waals surface area contributed by atoms with Gasteiger partial charge < -0.3 is 24.8 Å². The Morgan fingerprint density at radius 2 is 1.73 bits per heavy atom. The van der Waals surface area contributed by atoms with E-state index in [-0.39, 0.29) is 5.41 Å². The van der Waals surface area contributed by atoms with Gasteiger partial charge >= 0.3 is 0 Å². The van der Waals surface area contributed by atoms with E-state index in [2.05, 4.69) is 29.7 Å². The van der Waals surface area contributed by atoms with Gasteiger partial charge in [0.2, 0.25) is 0 Å². The van der Waals surface area contributed by atoms with Gasteiger partial charge in [0.1, 0.15) is 11.5 Å². The van der Waals surface area contributed by atoms with Gasteiger partial charge in [0.15, 0.2) is 5.96 Å². The van der Waals surface area contributed by atoms with Crippen molar-refractivity contribution in [1.29, 1.82) is 0 Å². The maximum absolute atomic E-state index is 5.66. The standard InChI is InChI=1S/C24H33N3O3/c1-4-25-23(26-17-19-7-5-6-8-22(19)29-3)27-18-24(13-15-30-16-14-24)20-9-11-21(28-2)12-10-20/h5-12H,4,13-18H2,1-3H3,(H2,25,26,27). The fourth-order valence-corrected chi connectivity index (χ4v) is 3.87. The lowest BCUT2D eigenvalue weighted by molar-refractivity contribution is 0.0513. The summed E-state index contributed by atoms with van der Waals surface area (Å²) in [6.07, 6.45) is 1.94. The summed E-state index contributed by atoms with van der Waals surface area (Å²) in [5, 5.41) is 6.94. The van der Waals surface area contributed by atoms with E-state index in [1.165, 1.54) is 5.56 Å². The van der Waals surface area contributed by atoms with Gasteiger partial charge in [0.05, 0.1) is 20.8 Å². The second-order valence-corrected chi connectivity index (χ2v) is 7.48. The first kappa shape index (κ1) is 22.0. The molecule has 0 bridgehead atoms. The van der Waals surface area contributed by atoms with Crippen molar-refractivity contribution >= 4 is 5.96 Å². The molecular formula is C24H33N3O3. The van der Waals surface area contributed by atoms with Gasteiger partial charge in [-0.05, 0) is 43.5 Å². The molecule has 1 aliphatic heterocycles. The van der Waals surface area contributed by atoms with Crippen LogP contribution in [0.2, 0.25) is 0 Å². The van der Waals surface area contributed by atoms with Crippen molar-refractivity contribution < 1.29 is 14.2 Å². The van der Waals surface area contributed by atoms with Gasteiger partial charge in [-0.25, -0.2) is 4.99 Å². The zero-order valence-corrected chi connectivity index (χ0v) is 18.2. The molecule has 1 fully saturated rings. The minimum Gasteiger partial charge on any atom is -0.497 e. The van der Waals surface area contributed by atoms with Crippen LogP contribution in [0.4, 0.5) is 0 Å². The number of rotatable bonds is 8. The fourth-order valence-electron chi connectivity index (χ4n) is 3.87. The first-order valence-electron chi connectivity index (χ1n) is 10.6. The third kappa shape index (κ3) is 5.45. The SMILES string of the molecule is CCNC(=NCc1ccccc1OC)NCC1(c2ccc(OC)cc2)CCOCC1. The molecule has 162 valence electrons. The van der Waals surface area contributed by atoms with Gasteiger partial charge in [-0.1, -0.05) is 30.3 Å². The number of benzene rings is 2. The number of methoxy groups -OCH3 is 2. The zero-order valence-electron chi connectivity index (χ0n) is 18.2. The Morgan fingerprint density at radius 1 is 1.00 bits per heavy atom. The van der Waals surface area contributed by atoms with E-state index in [1.807, 2.05) is 36.4 Å². The largest absolute Gasteiger partial charge is 0.497 e. The normalized spacial score (nSPS) is 16.0. The summed E-state index contributed by atoms with van der Waals surface area (Å²) in [5.74, 6) is 2.54. The Labute approximate surface area is 179 Å². The molecule has 0 saturated carbocycles. The highest BCUT2D eigenvalue weighted by molar-refractivity contribution is 5.80. The lowest BCUT2D eigenvalue weighted by atomic mass is 9.74. The van der Waals surface area contributed by atoms with E-state index in [0.29, 0.717) is 6.54 Å². The van der Waals surface area contributed by atoms with Crippen molar-refractivity contribution in [3.8, 4) is 11.5 Å². The summed E-state index contributed by atoms with van der Waals surface area (Å²) in [5.41, 5.74) is 2.37. The highest BCUT2D eigenvalue weighted by atomic mass is 16.5. The van der Waals surface area contributed by atoms with Crippen LogP contribution in [0.5, 0.6) is 11.5 Å². The van der Waals surface area contributed by atoms with Crippen LogP contribution in [-0.2, 0) is 16.7 Å². The number of para-hydroxylation sites is 1. The van der Waals surface area contributed by atoms with Gasteiger partial charge in [-0.2, -0.15) is 0 Å². The van der Waals surface area contributed by atoms with Gasteiger partial charge in [-0.15, -0.1) is 0 Å².